The van der Waals surface area contributed by atoms with Gasteiger partial charge in [0.1, 0.15) is 5.75 Å². The number of hydrogen-bond acceptors (Lipinski definition) is 3. The largest absolute Gasteiger partial charge is 0.496 e. The summed E-state index contributed by atoms with van der Waals surface area (Å²) < 4.78 is 10.9. The zero-order chi connectivity index (χ0) is 15.0. The van der Waals surface area contributed by atoms with E-state index in [0.717, 1.165) is 31.6 Å². The van der Waals surface area contributed by atoms with E-state index in [1.54, 1.807) is 14.2 Å². The van der Waals surface area contributed by atoms with Crippen molar-refractivity contribution in [2.24, 2.45) is 0 Å². The van der Waals surface area contributed by atoms with Gasteiger partial charge in [-0.2, -0.15) is 0 Å². The Morgan fingerprint density at radius 2 is 1.95 bits per heavy atom. The van der Waals surface area contributed by atoms with E-state index < -0.39 is 0 Å². The van der Waals surface area contributed by atoms with Gasteiger partial charge in [0, 0.05) is 18.7 Å². The van der Waals surface area contributed by atoms with Crippen LogP contribution in [-0.4, -0.2) is 26.9 Å². The zero-order valence-corrected chi connectivity index (χ0v) is 13.5. The van der Waals surface area contributed by atoms with E-state index in [1.807, 2.05) is 0 Å². The topological polar surface area (TPSA) is 30.5 Å². The van der Waals surface area contributed by atoms with Crippen LogP contribution in [0.25, 0.3) is 0 Å². The lowest BCUT2D eigenvalue weighted by atomic mass is 9.97. The van der Waals surface area contributed by atoms with Crippen molar-refractivity contribution in [2.75, 3.05) is 20.8 Å². The molecule has 3 nitrogen and oxygen atoms in total. The summed E-state index contributed by atoms with van der Waals surface area (Å²) in [4.78, 5) is 0. The molecule has 1 N–H and O–H groups in total. The predicted octanol–water partition coefficient (Wildman–Crippen LogP) is 3.86. The summed E-state index contributed by atoms with van der Waals surface area (Å²) in [7, 11) is 3.51. The van der Waals surface area contributed by atoms with Gasteiger partial charge in [-0.25, -0.2) is 0 Å². The van der Waals surface area contributed by atoms with Crippen molar-refractivity contribution in [2.45, 2.75) is 52.2 Å². The van der Waals surface area contributed by atoms with Crippen molar-refractivity contribution in [3.63, 3.8) is 0 Å². The molecule has 0 spiro atoms. The molecule has 2 atom stereocenters. The molecule has 0 aliphatic rings. The monoisotopic (exact) mass is 279 g/mol. The van der Waals surface area contributed by atoms with Gasteiger partial charge in [0.25, 0.3) is 0 Å². The first kappa shape index (κ1) is 17.0. The van der Waals surface area contributed by atoms with E-state index in [2.05, 4.69) is 44.3 Å². The highest BCUT2D eigenvalue weighted by Crippen LogP contribution is 2.29. The molecular formula is C17H29NO2. The Hall–Kier alpha value is -1.06. The number of hydrogen-bond donors (Lipinski definition) is 1. The highest BCUT2D eigenvalue weighted by atomic mass is 16.5. The van der Waals surface area contributed by atoms with Gasteiger partial charge in [-0.05, 0) is 45.7 Å². The molecule has 0 radical (unpaired) electrons. The third-order valence-corrected chi connectivity index (χ3v) is 3.67. The summed E-state index contributed by atoms with van der Waals surface area (Å²) in [6.07, 6.45) is 3.51. The molecule has 0 aliphatic carbocycles. The van der Waals surface area contributed by atoms with Gasteiger partial charge >= 0.3 is 0 Å². The second kappa shape index (κ2) is 8.98. The summed E-state index contributed by atoms with van der Waals surface area (Å²) in [5, 5.41) is 3.63. The molecule has 0 saturated carbocycles. The lowest BCUT2D eigenvalue weighted by Crippen LogP contribution is -2.24. The Bertz CT molecular complexity index is 393. The first-order valence-corrected chi connectivity index (χ1v) is 7.53. The highest BCUT2D eigenvalue weighted by Gasteiger charge is 2.16. The van der Waals surface area contributed by atoms with Gasteiger partial charge in [-0.15, -0.1) is 0 Å². The van der Waals surface area contributed by atoms with Crippen molar-refractivity contribution >= 4 is 0 Å². The lowest BCUT2D eigenvalue weighted by Gasteiger charge is -2.23. The van der Waals surface area contributed by atoms with Crippen LogP contribution in [0.15, 0.2) is 18.2 Å². The van der Waals surface area contributed by atoms with Crippen molar-refractivity contribution in [1.29, 1.82) is 0 Å². The Balaban J connectivity index is 2.88. The second-order valence-corrected chi connectivity index (χ2v) is 5.38. The van der Waals surface area contributed by atoms with Crippen molar-refractivity contribution in [3.8, 4) is 5.75 Å². The predicted molar refractivity (Wildman–Crippen MR) is 84.5 cm³/mol. The second-order valence-electron chi connectivity index (χ2n) is 5.38. The van der Waals surface area contributed by atoms with E-state index in [9.17, 15) is 0 Å². The third-order valence-electron chi connectivity index (χ3n) is 3.67. The maximum atomic E-state index is 5.52. The smallest absolute Gasteiger partial charge is 0.123 e. The summed E-state index contributed by atoms with van der Waals surface area (Å²) >= 11 is 0. The van der Waals surface area contributed by atoms with Crippen molar-refractivity contribution in [3.05, 3.63) is 29.3 Å². The summed E-state index contributed by atoms with van der Waals surface area (Å²) in [6, 6.07) is 6.70. The van der Waals surface area contributed by atoms with E-state index in [1.165, 1.54) is 11.1 Å². The Morgan fingerprint density at radius 3 is 2.55 bits per heavy atom. The van der Waals surface area contributed by atoms with Crippen LogP contribution < -0.4 is 10.1 Å². The zero-order valence-electron chi connectivity index (χ0n) is 13.5. The first-order chi connectivity index (χ1) is 9.62. The average Bonchev–Trinajstić information content (AvgIpc) is 2.47. The van der Waals surface area contributed by atoms with E-state index in [-0.39, 0.29) is 6.10 Å². The molecule has 0 heterocycles. The molecule has 1 aromatic carbocycles. The standard InChI is InChI=1S/C17H29NO2/c1-6-11-18-16(9-8-14(3)19-4)15-12-13(2)7-10-17(15)20-5/h7,10,12,14,16,18H,6,8-9,11H2,1-5H3. The molecule has 1 rings (SSSR count). The maximum absolute atomic E-state index is 5.52. The average molecular weight is 279 g/mol. The van der Waals surface area contributed by atoms with Crippen LogP contribution in [0.4, 0.5) is 0 Å². The van der Waals surface area contributed by atoms with Crippen LogP contribution >= 0.6 is 0 Å². The molecule has 20 heavy (non-hydrogen) atoms. The minimum absolute atomic E-state index is 0.289. The van der Waals surface area contributed by atoms with Crippen LogP contribution in [0.5, 0.6) is 5.75 Å². The normalized spacial score (nSPS) is 14.1. The summed E-state index contributed by atoms with van der Waals surface area (Å²) in [6.45, 7) is 7.44. The van der Waals surface area contributed by atoms with Gasteiger partial charge in [0.2, 0.25) is 0 Å². The first-order valence-electron chi connectivity index (χ1n) is 7.53. The van der Waals surface area contributed by atoms with Gasteiger partial charge < -0.3 is 14.8 Å². The minimum Gasteiger partial charge on any atom is -0.496 e. The number of benzene rings is 1. The fourth-order valence-corrected chi connectivity index (χ4v) is 2.33. The maximum Gasteiger partial charge on any atom is 0.123 e. The SMILES string of the molecule is CCCNC(CCC(C)OC)c1cc(C)ccc1OC. The molecule has 0 fully saturated rings. The number of aryl methyl sites for hydroxylation is 1. The molecule has 0 saturated heterocycles. The molecule has 2 unspecified atom stereocenters. The molecule has 0 bridgehead atoms. The van der Waals surface area contributed by atoms with Crippen LogP contribution in [0, 0.1) is 6.92 Å². The van der Waals surface area contributed by atoms with E-state index >= 15 is 0 Å². The summed E-state index contributed by atoms with van der Waals surface area (Å²) in [5.74, 6) is 0.967. The van der Waals surface area contributed by atoms with Crippen molar-refractivity contribution in [1.82, 2.24) is 5.32 Å². The van der Waals surface area contributed by atoms with Crippen molar-refractivity contribution < 1.29 is 9.47 Å². The molecule has 0 amide bonds. The van der Waals surface area contributed by atoms with Crippen LogP contribution in [0.1, 0.15) is 50.3 Å². The Labute approximate surface area is 123 Å². The summed E-state index contributed by atoms with van der Waals surface area (Å²) in [5.41, 5.74) is 2.52. The molecule has 3 heteroatoms. The molecule has 0 aliphatic heterocycles. The number of ether oxygens (including phenoxy) is 2. The van der Waals surface area contributed by atoms with E-state index in [4.69, 9.17) is 9.47 Å². The minimum atomic E-state index is 0.289. The van der Waals surface area contributed by atoms with Crippen LogP contribution in [0.2, 0.25) is 0 Å². The molecule has 1 aromatic rings. The Kier molecular flexibility index (Phi) is 7.63. The fraction of sp³-hybridized carbons (Fsp3) is 0.647. The third kappa shape index (κ3) is 5.14. The van der Waals surface area contributed by atoms with Gasteiger partial charge in [0.15, 0.2) is 0 Å². The number of nitrogens with one attached hydrogen (secondary N) is 1. The van der Waals surface area contributed by atoms with Gasteiger partial charge in [-0.1, -0.05) is 24.6 Å². The van der Waals surface area contributed by atoms with Crippen LogP contribution in [0.3, 0.4) is 0 Å². The molecular weight excluding hydrogens is 250 g/mol. The van der Waals surface area contributed by atoms with E-state index in [0.29, 0.717) is 6.04 Å². The molecule has 0 aromatic heterocycles. The Morgan fingerprint density at radius 1 is 1.20 bits per heavy atom. The van der Waals surface area contributed by atoms with Crippen LogP contribution in [-0.2, 0) is 4.74 Å². The quantitative estimate of drug-likeness (QED) is 0.744. The lowest BCUT2D eigenvalue weighted by molar-refractivity contribution is 0.106. The van der Waals surface area contributed by atoms with Gasteiger partial charge in [0.05, 0.1) is 13.2 Å². The molecule has 114 valence electrons. The van der Waals surface area contributed by atoms with Gasteiger partial charge in [-0.3, -0.25) is 0 Å². The number of rotatable bonds is 9. The highest BCUT2D eigenvalue weighted by molar-refractivity contribution is 5.39. The number of methoxy groups -OCH3 is 2. The fourth-order valence-electron chi connectivity index (χ4n) is 2.33.